The molecule has 1 aliphatic heterocycles. The van der Waals surface area contributed by atoms with E-state index in [1.165, 1.54) is 6.07 Å². The molecule has 1 fully saturated rings. The molecule has 0 saturated carbocycles. The lowest BCUT2D eigenvalue weighted by Crippen LogP contribution is -2.23. The zero-order chi connectivity index (χ0) is 15.5. The van der Waals surface area contributed by atoms with E-state index < -0.39 is 18.8 Å². The lowest BCUT2D eigenvalue weighted by Gasteiger charge is -2.16. The summed E-state index contributed by atoms with van der Waals surface area (Å²) in [5.41, 5.74) is 0.806. The molecule has 4 nitrogen and oxygen atoms in total. The first-order valence-corrected chi connectivity index (χ1v) is 6.57. The number of carboxylic acid groups (broad SMARTS) is 1. The predicted octanol–water partition coefficient (Wildman–Crippen LogP) is 2.53. The highest BCUT2D eigenvalue weighted by Gasteiger charge is 2.29. The maximum Gasteiger partial charge on any atom is 0.422 e. The third kappa shape index (κ3) is 4.93. The summed E-state index contributed by atoms with van der Waals surface area (Å²) in [5.74, 6) is -1.01. The molecule has 0 radical (unpaired) electrons. The van der Waals surface area contributed by atoms with Gasteiger partial charge in [0.2, 0.25) is 0 Å². The van der Waals surface area contributed by atoms with Gasteiger partial charge in [0.25, 0.3) is 0 Å². The van der Waals surface area contributed by atoms with Crippen LogP contribution in [0.2, 0.25) is 0 Å². The van der Waals surface area contributed by atoms with Gasteiger partial charge in [-0.25, -0.2) is 0 Å². The molecule has 0 spiro atoms. The summed E-state index contributed by atoms with van der Waals surface area (Å²) in [7, 11) is 0. The van der Waals surface area contributed by atoms with Gasteiger partial charge >= 0.3 is 12.1 Å². The molecule has 0 unspecified atom stereocenters. The first kappa shape index (κ1) is 15.6. The molecule has 1 heterocycles. The quantitative estimate of drug-likeness (QED) is 0.908. The number of aliphatic carboxylic acids is 1. The van der Waals surface area contributed by atoms with Gasteiger partial charge in [0.15, 0.2) is 6.61 Å². The smallest absolute Gasteiger partial charge is 0.422 e. The van der Waals surface area contributed by atoms with Crippen LogP contribution in [0.1, 0.15) is 12.0 Å². The molecule has 1 aliphatic rings. The van der Waals surface area contributed by atoms with Crippen LogP contribution in [0.15, 0.2) is 24.3 Å². The Balaban J connectivity index is 1.91. The summed E-state index contributed by atoms with van der Waals surface area (Å²) in [6.07, 6.45) is -3.76. The normalized spacial score (nSPS) is 19.7. The number of carbonyl (C=O) groups is 1. The Morgan fingerprint density at radius 2 is 2.19 bits per heavy atom. The van der Waals surface area contributed by atoms with Crippen molar-refractivity contribution in [3.63, 3.8) is 0 Å². The van der Waals surface area contributed by atoms with Gasteiger partial charge in [-0.2, -0.15) is 13.2 Å². The molecule has 0 amide bonds. The van der Waals surface area contributed by atoms with Gasteiger partial charge in [0.05, 0.1) is 5.92 Å². The molecule has 1 N–H and O–H groups in total. The number of carboxylic acids is 1. The number of alkyl halides is 3. The van der Waals surface area contributed by atoms with E-state index in [0.717, 1.165) is 5.56 Å². The van der Waals surface area contributed by atoms with Gasteiger partial charge in [0, 0.05) is 13.1 Å². The molecule has 116 valence electrons. The number of halogens is 3. The average Bonchev–Trinajstić information content (AvgIpc) is 2.85. The van der Waals surface area contributed by atoms with Crippen LogP contribution in [0.3, 0.4) is 0 Å². The van der Waals surface area contributed by atoms with Crippen molar-refractivity contribution in [3.05, 3.63) is 29.8 Å². The number of hydrogen-bond acceptors (Lipinski definition) is 3. The van der Waals surface area contributed by atoms with Crippen molar-refractivity contribution in [2.45, 2.75) is 19.1 Å². The number of nitrogens with zero attached hydrogens (tertiary/aromatic N) is 1. The number of ether oxygens (including phenoxy) is 1. The summed E-state index contributed by atoms with van der Waals surface area (Å²) >= 11 is 0. The minimum atomic E-state index is -4.36. The molecule has 0 aromatic heterocycles. The standard InChI is InChI=1S/C14H16F3NO3/c15-14(16,17)9-21-12-3-1-2-10(6-12)7-18-5-4-11(8-18)13(19)20/h1-3,6,11H,4-5,7-9H2,(H,19,20)/t11-/m1/s1. The van der Waals surface area contributed by atoms with Crippen molar-refractivity contribution < 1.29 is 27.8 Å². The minimum Gasteiger partial charge on any atom is -0.484 e. The Kier molecular flexibility index (Phi) is 4.72. The molecular formula is C14H16F3NO3. The highest BCUT2D eigenvalue weighted by atomic mass is 19.4. The number of rotatable bonds is 5. The highest BCUT2D eigenvalue weighted by Crippen LogP contribution is 2.22. The molecule has 1 aromatic rings. The fourth-order valence-corrected chi connectivity index (χ4v) is 2.33. The van der Waals surface area contributed by atoms with Gasteiger partial charge in [-0.05, 0) is 30.7 Å². The zero-order valence-corrected chi connectivity index (χ0v) is 11.3. The van der Waals surface area contributed by atoms with E-state index in [4.69, 9.17) is 9.84 Å². The van der Waals surface area contributed by atoms with E-state index in [9.17, 15) is 18.0 Å². The lowest BCUT2D eigenvalue weighted by atomic mass is 10.1. The fourth-order valence-electron chi connectivity index (χ4n) is 2.33. The molecule has 1 saturated heterocycles. The second-order valence-electron chi connectivity index (χ2n) is 5.11. The molecule has 0 aliphatic carbocycles. The fraction of sp³-hybridized carbons (Fsp3) is 0.500. The Morgan fingerprint density at radius 3 is 2.81 bits per heavy atom. The number of likely N-dealkylation sites (tertiary alicyclic amines) is 1. The van der Waals surface area contributed by atoms with Crippen molar-refractivity contribution in [2.24, 2.45) is 5.92 Å². The second kappa shape index (κ2) is 6.34. The summed E-state index contributed by atoms with van der Waals surface area (Å²) in [5, 5.41) is 8.93. The van der Waals surface area contributed by atoms with Crippen LogP contribution in [-0.2, 0) is 11.3 Å². The lowest BCUT2D eigenvalue weighted by molar-refractivity contribution is -0.153. The number of hydrogen-bond donors (Lipinski definition) is 1. The van der Waals surface area contributed by atoms with Crippen molar-refractivity contribution in [1.82, 2.24) is 4.90 Å². The summed E-state index contributed by atoms with van der Waals surface area (Å²) in [4.78, 5) is 12.9. The maximum atomic E-state index is 12.1. The van der Waals surface area contributed by atoms with E-state index in [0.29, 0.717) is 26.1 Å². The molecule has 7 heteroatoms. The summed E-state index contributed by atoms with van der Waals surface area (Å²) < 4.78 is 41.0. The minimum absolute atomic E-state index is 0.166. The molecule has 2 rings (SSSR count). The Labute approximate surface area is 120 Å². The molecule has 1 atom stereocenters. The van der Waals surface area contributed by atoms with E-state index in [-0.39, 0.29) is 11.7 Å². The van der Waals surface area contributed by atoms with E-state index in [1.54, 1.807) is 18.2 Å². The first-order valence-electron chi connectivity index (χ1n) is 6.57. The SMILES string of the molecule is O=C(O)[C@@H]1CCN(Cc2cccc(OCC(F)(F)F)c2)C1. The average molecular weight is 303 g/mol. The van der Waals surface area contributed by atoms with Crippen molar-refractivity contribution >= 4 is 5.97 Å². The summed E-state index contributed by atoms with van der Waals surface area (Å²) in [6.45, 7) is 0.321. The molecular weight excluding hydrogens is 287 g/mol. The topological polar surface area (TPSA) is 49.8 Å². The van der Waals surface area contributed by atoms with E-state index >= 15 is 0 Å². The van der Waals surface area contributed by atoms with Gasteiger partial charge in [0.1, 0.15) is 5.75 Å². The van der Waals surface area contributed by atoms with E-state index in [1.807, 2.05) is 4.90 Å². The molecule has 21 heavy (non-hydrogen) atoms. The maximum absolute atomic E-state index is 12.1. The second-order valence-corrected chi connectivity index (χ2v) is 5.11. The largest absolute Gasteiger partial charge is 0.484 e. The predicted molar refractivity (Wildman–Crippen MR) is 69.0 cm³/mol. The van der Waals surface area contributed by atoms with Crippen LogP contribution >= 0.6 is 0 Å². The van der Waals surface area contributed by atoms with Crippen molar-refractivity contribution in [2.75, 3.05) is 19.7 Å². The van der Waals surface area contributed by atoms with Gasteiger partial charge < -0.3 is 9.84 Å². The molecule has 1 aromatic carbocycles. The van der Waals surface area contributed by atoms with Crippen LogP contribution in [-0.4, -0.2) is 41.8 Å². The zero-order valence-electron chi connectivity index (χ0n) is 11.3. The molecule has 0 bridgehead atoms. The van der Waals surface area contributed by atoms with Crippen LogP contribution in [0.4, 0.5) is 13.2 Å². The third-order valence-corrected chi connectivity index (χ3v) is 3.33. The van der Waals surface area contributed by atoms with Crippen LogP contribution in [0, 0.1) is 5.92 Å². The van der Waals surface area contributed by atoms with Crippen LogP contribution in [0.25, 0.3) is 0 Å². The third-order valence-electron chi connectivity index (χ3n) is 3.33. The van der Waals surface area contributed by atoms with Crippen LogP contribution in [0.5, 0.6) is 5.75 Å². The monoisotopic (exact) mass is 303 g/mol. The van der Waals surface area contributed by atoms with Crippen molar-refractivity contribution in [1.29, 1.82) is 0 Å². The Morgan fingerprint density at radius 1 is 1.43 bits per heavy atom. The first-order chi connectivity index (χ1) is 9.83. The Bertz CT molecular complexity index is 504. The number of benzene rings is 1. The van der Waals surface area contributed by atoms with Crippen LogP contribution < -0.4 is 4.74 Å². The van der Waals surface area contributed by atoms with Gasteiger partial charge in [-0.15, -0.1) is 0 Å². The highest BCUT2D eigenvalue weighted by molar-refractivity contribution is 5.70. The van der Waals surface area contributed by atoms with Crippen molar-refractivity contribution in [3.8, 4) is 5.75 Å². The van der Waals surface area contributed by atoms with E-state index in [2.05, 4.69) is 0 Å². The van der Waals surface area contributed by atoms with Gasteiger partial charge in [-0.1, -0.05) is 12.1 Å². The summed E-state index contributed by atoms with van der Waals surface area (Å²) in [6, 6.07) is 6.44. The Hall–Kier alpha value is -1.76. The van der Waals surface area contributed by atoms with Gasteiger partial charge in [-0.3, -0.25) is 9.69 Å².